The minimum absolute atomic E-state index is 0.0686. The molecule has 0 radical (unpaired) electrons. The zero-order valence-corrected chi connectivity index (χ0v) is 14.6. The molecule has 0 saturated heterocycles. The summed E-state index contributed by atoms with van der Waals surface area (Å²) >= 11 is 1.34. The molecule has 4 aromatic rings. The molecular formula is C19H14N2O4S. The van der Waals surface area contributed by atoms with Gasteiger partial charge in [0.05, 0.1) is 16.8 Å². The number of nitrogens with one attached hydrogen (secondary N) is 1. The molecule has 0 aliphatic carbocycles. The minimum atomic E-state index is -0.704. The molecule has 2 aromatic carbocycles. The van der Waals surface area contributed by atoms with Gasteiger partial charge in [0.25, 0.3) is 5.91 Å². The van der Waals surface area contributed by atoms with Gasteiger partial charge in [-0.3, -0.25) is 10.1 Å². The Balaban J connectivity index is 1.66. The second-order valence-corrected chi connectivity index (χ2v) is 6.55. The molecule has 0 fully saturated rings. The van der Waals surface area contributed by atoms with Gasteiger partial charge in [-0.15, -0.1) is 0 Å². The van der Waals surface area contributed by atoms with Crippen LogP contribution in [0.3, 0.4) is 0 Å². The number of nitrogens with zero attached hydrogens (tertiary/aromatic N) is 1. The van der Waals surface area contributed by atoms with Crippen molar-refractivity contribution in [2.45, 2.75) is 6.92 Å². The fraction of sp³-hybridized carbons (Fsp3) is 0.105. The maximum atomic E-state index is 12.5. The Morgan fingerprint density at radius 1 is 1.23 bits per heavy atom. The molecule has 6 nitrogen and oxygen atoms in total. The molecule has 1 N–H and O–H groups in total. The van der Waals surface area contributed by atoms with Gasteiger partial charge >= 0.3 is 5.63 Å². The van der Waals surface area contributed by atoms with E-state index in [1.165, 1.54) is 17.4 Å². The van der Waals surface area contributed by atoms with E-state index in [2.05, 4.69) is 10.3 Å². The van der Waals surface area contributed by atoms with Crippen LogP contribution in [0, 0.1) is 0 Å². The number of anilines is 1. The van der Waals surface area contributed by atoms with Crippen molar-refractivity contribution in [1.29, 1.82) is 0 Å². The van der Waals surface area contributed by atoms with Crippen LogP contribution in [0.15, 0.2) is 57.7 Å². The van der Waals surface area contributed by atoms with Crippen LogP contribution in [0.1, 0.15) is 17.3 Å². The molecule has 7 heteroatoms. The fourth-order valence-corrected chi connectivity index (χ4v) is 3.46. The zero-order valence-electron chi connectivity index (χ0n) is 13.8. The number of amides is 1. The lowest BCUT2D eigenvalue weighted by Crippen LogP contribution is -2.20. The van der Waals surface area contributed by atoms with E-state index in [1.54, 1.807) is 18.2 Å². The summed E-state index contributed by atoms with van der Waals surface area (Å²) in [6, 6.07) is 14.2. The Labute approximate surface area is 152 Å². The molecule has 0 bridgehead atoms. The molecule has 2 aromatic heterocycles. The van der Waals surface area contributed by atoms with Crippen LogP contribution in [0.25, 0.3) is 21.2 Å². The van der Waals surface area contributed by atoms with E-state index in [4.69, 9.17) is 9.15 Å². The van der Waals surface area contributed by atoms with Crippen molar-refractivity contribution >= 4 is 43.6 Å². The monoisotopic (exact) mass is 366 g/mol. The smallest absolute Gasteiger partial charge is 0.349 e. The Bertz CT molecular complexity index is 1150. The molecule has 0 atom stereocenters. The third-order valence-electron chi connectivity index (χ3n) is 3.78. The van der Waals surface area contributed by atoms with E-state index in [-0.39, 0.29) is 5.56 Å². The topological polar surface area (TPSA) is 81.4 Å². The molecule has 1 amide bonds. The van der Waals surface area contributed by atoms with Crippen molar-refractivity contribution in [1.82, 2.24) is 4.98 Å². The second-order valence-electron chi connectivity index (χ2n) is 5.52. The molecule has 2 heterocycles. The second kappa shape index (κ2) is 6.61. The van der Waals surface area contributed by atoms with Gasteiger partial charge in [0, 0.05) is 11.5 Å². The molecule has 0 saturated carbocycles. The first kappa shape index (κ1) is 16.3. The highest BCUT2D eigenvalue weighted by Gasteiger charge is 2.16. The summed E-state index contributed by atoms with van der Waals surface area (Å²) in [5.74, 6) is 0.0587. The maximum Gasteiger partial charge on any atom is 0.349 e. The highest BCUT2D eigenvalue weighted by Crippen LogP contribution is 2.26. The lowest BCUT2D eigenvalue weighted by molar-refractivity contribution is 0.102. The van der Waals surface area contributed by atoms with E-state index in [0.29, 0.717) is 28.5 Å². The fourth-order valence-electron chi connectivity index (χ4n) is 2.60. The SMILES string of the molecule is CCOc1ccc2cc(C(=O)Nc3nc4ccccc4s3)c(=O)oc2c1. The van der Waals surface area contributed by atoms with E-state index in [9.17, 15) is 9.59 Å². The van der Waals surface area contributed by atoms with Gasteiger partial charge in [0.2, 0.25) is 0 Å². The lowest BCUT2D eigenvalue weighted by Gasteiger charge is -2.05. The zero-order chi connectivity index (χ0) is 18.1. The molecule has 0 unspecified atom stereocenters. The number of rotatable bonds is 4. The summed E-state index contributed by atoms with van der Waals surface area (Å²) in [5.41, 5.74) is 0.393. The summed E-state index contributed by atoms with van der Waals surface area (Å²) in [7, 11) is 0. The van der Waals surface area contributed by atoms with E-state index < -0.39 is 11.5 Å². The van der Waals surface area contributed by atoms with Gasteiger partial charge < -0.3 is 9.15 Å². The Hall–Kier alpha value is -3.19. The number of carbonyl (C=O) groups excluding carboxylic acids is 1. The molecular weight excluding hydrogens is 352 g/mol. The number of carbonyl (C=O) groups is 1. The van der Waals surface area contributed by atoms with Crippen LogP contribution >= 0.6 is 11.3 Å². The highest BCUT2D eigenvalue weighted by molar-refractivity contribution is 7.22. The van der Waals surface area contributed by atoms with Crippen molar-refractivity contribution < 1.29 is 13.9 Å². The average Bonchev–Trinajstić information content (AvgIpc) is 3.03. The number of para-hydroxylation sites is 1. The van der Waals surface area contributed by atoms with Gasteiger partial charge in [-0.1, -0.05) is 23.5 Å². The van der Waals surface area contributed by atoms with Crippen molar-refractivity contribution in [3.05, 3.63) is 64.5 Å². The molecule has 130 valence electrons. The maximum absolute atomic E-state index is 12.5. The molecule has 0 spiro atoms. The number of hydrogen-bond donors (Lipinski definition) is 1. The van der Waals surface area contributed by atoms with Crippen molar-refractivity contribution in [3.63, 3.8) is 0 Å². The van der Waals surface area contributed by atoms with Crippen molar-refractivity contribution in [2.75, 3.05) is 11.9 Å². The quantitative estimate of drug-likeness (QED) is 0.551. The summed E-state index contributed by atoms with van der Waals surface area (Å²) in [6.45, 7) is 2.38. The largest absolute Gasteiger partial charge is 0.494 e. The molecule has 26 heavy (non-hydrogen) atoms. The minimum Gasteiger partial charge on any atom is -0.494 e. The number of aromatic nitrogens is 1. The van der Waals surface area contributed by atoms with Gasteiger partial charge in [-0.2, -0.15) is 0 Å². The van der Waals surface area contributed by atoms with Gasteiger partial charge in [0.15, 0.2) is 5.13 Å². The van der Waals surface area contributed by atoms with Crippen LogP contribution in [0.2, 0.25) is 0 Å². The van der Waals surface area contributed by atoms with Gasteiger partial charge in [-0.25, -0.2) is 9.78 Å². The number of fused-ring (bicyclic) bond motifs is 2. The molecule has 0 aliphatic rings. The van der Waals surface area contributed by atoms with Crippen LogP contribution in [0.4, 0.5) is 5.13 Å². The number of ether oxygens (including phenoxy) is 1. The summed E-state index contributed by atoms with van der Waals surface area (Å²) in [6.07, 6.45) is 0. The summed E-state index contributed by atoms with van der Waals surface area (Å²) in [5, 5.41) is 3.74. The predicted octanol–water partition coefficient (Wildman–Crippen LogP) is 4.05. The lowest BCUT2D eigenvalue weighted by atomic mass is 10.1. The van der Waals surface area contributed by atoms with Gasteiger partial charge in [0.1, 0.15) is 16.9 Å². The number of hydrogen-bond acceptors (Lipinski definition) is 6. The van der Waals surface area contributed by atoms with Crippen LogP contribution in [-0.4, -0.2) is 17.5 Å². The Morgan fingerprint density at radius 3 is 2.88 bits per heavy atom. The van der Waals surface area contributed by atoms with Crippen LogP contribution in [-0.2, 0) is 0 Å². The van der Waals surface area contributed by atoms with E-state index >= 15 is 0 Å². The van der Waals surface area contributed by atoms with Gasteiger partial charge in [-0.05, 0) is 37.3 Å². The van der Waals surface area contributed by atoms with Crippen LogP contribution < -0.4 is 15.7 Å². The highest BCUT2D eigenvalue weighted by atomic mass is 32.1. The first-order valence-corrected chi connectivity index (χ1v) is 8.83. The third-order valence-corrected chi connectivity index (χ3v) is 4.73. The van der Waals surface area contributed by atoms with E-state index in [0.717, 1.165) is 10.2 Å². The average molecular weight is 366 g/mol. The summed E-state index contributed by atoms with van der Waals surface area (Å²) < 4.78 is 11.6. The molecule has 0 aliphatic heterocycles. The normalized spacial score (nSPS) is 11.0. The first-order chi connectivity index (χ1) is 12.6. The molecule has 4 rings (SSSR count). The van der Waals surface area contributed by atoms with E-state index in [1.807, 2.05) is 31.2 Å². The standard InChI is InChI=1S/C19H14N2O4S/c1-2-24-12-8-7-11-9-13(18(23)25-15(11)10-12)17(22)21-19-20-14-5-3-4-6-16(14)26-19/h3-10H,2H2,1H3,(H,20,21,22). The third kappa shape index (κ3) is 3.04. The van der Waals surface area contributed by atoms with Crippen molar-refractivity contribution in [3.8, 4) is 5.75 Å². The Morgan fingerprint density at radius 2 is 2.08 bits per heavy atom. The van der Waals surface area contributed by atoms with Crippen LogP contribution in [0.5, 0.6) is 5.75 Å². The predicted molar refractivity (Wildman–Crippen MR) is 101 cm³/mol. The number of thiazole rings is 1. The Kier molecular flexibility index (Phi) is 4.14. The van der Waals surface area contributed by atoms with Crippen molar-refractivity contribution in [2.24, 2.45) is 0 Å². The first-order valence-electron chi connectivity index (χ1n) is 8.01. The summed E-state index contributed by atoms with van der Waals surface area (Å²) in [4.78, 5) is 29.1. The number of benzene rings is 2.